The molecule has 0 aliphatic carbocycles. The first-order valence-electron chi connectivity index (χ1n) is 12.3. The Morgan fingerprint density at radius 1 is 1.19 bits per heavy atom. The highest BCUT2D eigenvalue weighted by atomic mass is 35.5. The van der Waals surface area contributed by atoms with Crippen molar-refractivity contribution in [3.63, 3.8) is 0 Å². The molecule has 3 aromatic rings. The minimum Gasteiger partial charge on any atom is -0.497 e. The summed E-state index contributed by atoms with van der Waals surface area (Å²) in [7, 11) is 1.61. The molecule has 2 heterocycles. The average molecular weight is 542 g/mol. The molecule has 2 aromatic carbocycles. The molecule has 0 radical (unpaired) electrons. The van der Waals surface area contributed by atoms with Crippen molar-refractivity contribution in [2.75, 3.05) is 32.1 Å². The number of carbonyl (C=O) groups excluding carboxylic acids is 2. The van der Waals surface area contributed by atoms with Crippen LogP contribution in [0.5, 0.6) is 11.5 Å². The summed E-state index contributed by atoms with van der Waals surface area (Å²) in [5.74, 6) is 1.27. The minimum absolute atomic E-state index is 0.0312. The fourth-order valence-electron chi connectivity index (χ4n) is 4.39. The molecule has 7 nitrogen and oxygen atoms in total. The zero-order chi connectivity index (χ0) is 26.4. The Bertz CT molecular complexity index is 1230. The van der Waals surface area contributed by atoms with Gasteiger partial charge in [-0.25, -0.2) is 4.79 Å². The first kappa shape index (κ1) is 26.8. The summed E-state index contributed by atoms with van der Waals surface area (Å²) in [6.07, 6.45) is 1.50. The van der Waals surface area contributed by atoms with Gasteiger partial charge in [-0.1, -0.05) is 30.7 Å². The highest BCUT2D eigenvalue weighted by molar-refractivity contribution is 7.10. The molecule has 0 saturated heterocycles. The predicted molar refractivity (Wildman–Crippen MR) is 148 cm³/mol. The van der Waals surface area contributed by atoms with Gasteiger partial charge in [0, 0.05) is 34.2 Å². The van der Waals surface area contributed by atoms with Crippen LogP contribution in [0.2, 0.25) is 5.02 Å². The molecule has 0 unspecified atom stereocenters. The van der Waals surface area contributed by atoms with Crippen LogP contribution in [-0.4, -0.2) is 54.6 Å². The van der Waals surface area contributed by atoms with Gasteiger partial charge in [-0.2, -0.15) is 0 Å². The molecule has 196 valence electrons. The molecule has 1 aliphatic heterocycles. The Kier molecular flexibility index (Phi) is 8.95. The minimum atomic E-state index is -0.331. The van der Waals surface area contributed by atoms with Gasteiger partial charge in [-0.15, -0.1) is 11.3 Å². The number of thiophene rings is 1. The number of methoxy groups -OCH3 is 1. The molecular formula is C28H32ClN3O4S. The van der Waals surface area contributed by atoms with E-state index in [1.807, 2.05) is 43.0 Å². The molecular weight excluding hydrogens is 510 g/mol. The molecule has 9 heteroatoms. The maximum absolute atomic E-state index is 13.7. The van der Waals surface area contributed by atoms with Crippen LogP contribution in [0.15, 0.2) is 60.0 Å². The van der Waals surface area contributed by atoms with Gasteiger partial charge in [0.15, 0.2) is 0 Å². The SMILES string of the molecule is CC[C@@H](C)N(CC(=O)N1CCc2sccc2[C@H]1COc1cccc(OC)c1)C(=O)Nc1cccc(Cl)c1. The van der Waals surface area contributed by atoms with E-state index >= 15 is 0 Å². The average Bonchev–Trinajstić information content (AvgIpc) is 3.39. The Labute approximate surface area is 226 Å². The third-order valence-corrected chi connectivity index (χ3v) is 7.86. The van der Waals surface area contributed by atoms with Crippen molar-refractivity contribution in [1.29, 1.82) is 0 Å². The van der Waals surface area contributed by atoms with Crippen LogP contribution >= 0.6 is 22.9 Å². The van der Waals surface area contributed by atoms with Gasteiger partial charge in [0.25, 0.3) is 0 Å². The maximum atomic E-state index is 13.7. The van der Waals surface area contributed by atoms with Gasteiger partial charge < -0.3 is 24.6 Å². The molecule has 0 bridgehead atoms. The number of hydrogen-bond donors (Lipinski definition) is 1. The van der Waals surface area contributed by atoms with Crippen LogP contribution in [0.4, 0.5) is 10.5 Å². The maximum Gasteiger partial charge on any atom is 0.322 e. The lowest BCUT2D eigenvalue weighted by atomic mass is 10.00. The van der Waals surface area contributed by atoms with Crippen molar-refractivity contribution in [2.45, 2.75) is 38.8 Å². The van der Waals surface area contributed by atoms with E-state index in [-0.39, 0.29) is 30.6 Å². The number of anilines is 1. The molecule has 1 aliphatic rings. The summed E-state index contributed by atoms with van der Waals surface area (Å²) in [4.78, 5) is 31.6. The monoisotopic (exact) mass is 541 g/mol. The lowest BCUT2D eigenvalue weighted by Crippen LogP contribution is -2.50. The molecule has 3 amide bonds. The second kappa shape index (κ2) is 12.3. The number of ether oxygens (including phenoxy) is 2. The highest BCUT2D eigenvalue weighted by Crippen LogP contribution is 2.34. The zero-order valence-corrected chi connectivity index (χ0v) is 22.8. The smallest absolute Gasteiger partial charge is 0.322 e. The normalized spacial score (nSPS) is 15.5. The number of nitrogens with one attached hydrogen (secondary N) is 1. The number of halogens is 1. The van der Waals surface area contributed by atoms with E-state index in [0.29, 0.717) is 41.8 Å². The second-order valence-corrected chi connectivity index (χ2v) is 10.4. The second-order valence-electron chi connectivity index (χ2n) is 8.97. The molecule has 2 atom stereocenters. The number of amides is 3. The van der Waals surface area contributed by atoms with Crippen LogP contribution in [0.3, 0.4) is 0 Å². The highest BCUT2D eigenvalue weighted by Gasteiger charge is 2.34. The van der Waals surface area contributed by atoms with Crippen molar-refractivity contribution < 1.29 is 19.1 Å². The van der Waals surface area contributed by atoms with Crippen molar-refractivity contribution >= 4 is 40.6 Å². The molecule has 0 spiro atoms. The number of nitrogens with zero attached hydrogens (tertiary/aromatic N) is 2. The van der Waals surface area contributed by atoms with E-state index in [0.717, 1.165) is 12.0 Å². The summed E-state index contributed by atoms with van der Waals surface area (Å²) in [6, 6.07) is 15.8. The zero-order valence-electron chi connectivity index (χ0n) is 21.3. The van der Waals surface area contributed by atoms with Crippen LogP contribution in [0.1, 0.15) is 36.8 Å². The largest absolute Gasteiger partial charge is 0.497 e. The molecule has 1 N–H and O–H groups in total. The van der Waals surface area contributed by atoms with Crippen molar-refractivity contribution in [1.82, 2.24) is 9.80 Å². The van der Waals surface area contributed by atoms with Crippen molar-refractivity contribution in [3.05, 3.63) is 75.4 Å². The molecule has 1 aromatic heterocycles. The number of urea groups is 1. The molecule has 0 fully saturated rings. The molecule has 4 rings (SSSR count). The predicted octanol–water partition coefficient (Wildman–Crippen LogP) is 6.25. The Hall–Kier alpha value is -3.23. The van der Waals surface area contributed by atoms with Crippen molar-refractivity contribution in [3.8, 4) is 11.5 Å². The number of benzene rings is 2. The number of fused-ring (bicyclic) bond motifs is 1. The third-order valence-electron chi connectivity index (χ3n) is 6.63. The number of carbonyl (C=O) groups is 2. The van der Waals surface area contributed by atoms with Crippen LogP contribution in [-0.2, 0) is 11.2 Å². The lowest BCUT2D eigenvalue weighted by Gasteiger charge is -2.38. The topological polar surface area (TPSA) is 71.1 Å². The fraction of sp³-hybridized carbons (Fsp3) is 0.357. The summed E-state index contributed by atoms with van der Waals surface area (Å²) in [5, 5.41) is 5.47. The van der Waals surface area contributed by atoms with E-state index in [1.54, 1.807) is 47.6 Å². The van der Waals surface area contributed by atoms with E-state index in [1.165, 1.54) is 4.88 Å². The molecule has 37 heavy (non-hydrogen) atoms. The summed E-state index contributed by atoms with van der Waals surface area (Å²) < 4.78 is 11.4. The van der Waals surface area contributed by atoms with E-state index in [4.69, 9.17) is 21.1 Å². The first-order chi connectivity index (χ1) is 17.9. The number of hydrogen-bond acceptors (Lipinski definition) is 5. The van der Waals surface area contributed by atoms with Gasteiger partial charge in [0.05, 0.1) is 13.2 Å². The van der Waals surface area contributed by atoms with E-state index in [2.05, 4.69) is 16.8 Å². The first-order valence-corrected chi connectivity index (χ1v) is 13.6. The van der Waals surface area contributed by atoms with Gasteiger partial charge in [-0.05, 0) is 67.1 Å². The van der Waals surface area contributed by atoms with Crippen molar-refractivity contribution in [2.24, 2.45) is 0 Å². The Balaban J connectivity index is 1.51. The van der Waals surface area contributed by atoms with Gasteiger partial charge in [-0.3, -0.25) is 4.79 Å². The summed E-state index contributed by atoms with van der Waals surface area (Å²) >= 11 is 7.78. The lowest BCUT2D eigenvalue weighted by molar-refractivity contribution is -0.135. The quantitative estimate of drug-likeness (QED) is 0.348. The fourth-order valence-corrected chi connectivity index (χ4v) is 5.51. The van der Waals surface area contributed by atoms with Crippen LogP contribution < -0.4 is 14.8 Å². The van der Waals surface area contributed by atoms with Gasteiger partial charge in [0.1, 0.15) is 24.7 Å². The Morgan fingerprint density at radius 3 is 2.73 bits per heavy atom. The van der Waals surface area contributed by atoms with Crippen LogP contribution in [0.25, 0.3) is 0 Å². The Morgan fingerprint density at radius 2 is 1.97 bits per heavy atom. The van der Waals surface area contributed by atoms with Gasteiger partial charge in [0.2, 0.25) is 5.91 Å². The third kappa shape index (κ3) is 6.56. The van der Waals surface area contributed by atoms with E-state index < -0.39 is 0 Å². The summed E-state index contributed by atoms with van der Waals surface area (Å²) in [6.45, 7) is 4.79. The summed E-state index contributed by atoms with van der Waals surface area (Å²) in [5.41, 5.74) is 1.69. The van der Waals surface area contributed by atoms with Crippen LogP contribution in [0, 0.1) is 0 Å². The standard InChI is InChI=1S/C28H32ClN3O4S/c1-4-19(2)32(28(34)30-21-8-5-7-20(29)15-21)17-27(33)31-13-11-26-24(12-14-37-26)25(31)18-36-23-10-6-9-22(16-23)35-3/h5-10,12,14-16,19,25H,4,11,13,17-18H2,1-3H3,(H,30,34)/t19-,25-/m1/s1. The number of rotatable bonds is 9. The molecule has 0 saturated carbocycles. The van der Waals surface area contributed by atoms with E-state index in [9.17, 15) is 9.59 Å². The van der Waals surface area contributed by atoms with Gasteiger partial charge >= 0.3 is 6.03 Å².